The second-order valence-corrected chi connectivity index (χ2v) is 4.98. The highest BCUT2D eigenvalue weighted by Crippen LogP contribution is 2.35. The smallest absolute Gasteiger partial charge is 0.142 e. The van der Waals surface area contributed by atoms with Crippen LogP contribution < -0.4 is 16.2 Å². The van der Waals surface area contributed by atoms with Gasteiger partial charge in [-0.1, -0.05) is 0 Å². The van der Waals surface area contributed by atoms with Gasteiger partial charge < -0.3 is 21.2 Å². The highest BCUT2D eigenvalue weighted by molar-refractivity contribution is 5.79. The van der Waals surface area contributed by atoms with E-state index in [0.29, 0.717) is 22.9 Å². The first kappa shape index (κ1) is 13.9. The highest BCUT2D eigenvalue weighted by Gasteiger charge is 2.15. The SMILES string of the molecule is COc1cc(N)c(N)cc1-c1nc(-c2cccnc2)c(C)[nH]1. The van der Waals surface area contributed by atoms with Crippen LogP contribution in [0.25, 0.3) is 22.6 Å². The topological polar surface area (TPSA) is 103 Å². The maximum Gasteiger partial charge on any atom is 0.142 e. The summed E-state index contributed by atoms with van der Waals surface area (Å²) in [6.45, 7) is 1.96. The second-order valence-electron chi connectivity index (χ2n) is 4.98. The Hall–Kier alpha value is -3.02. The molecule has 22 heavy (non-hydrogen) atoms. The Morgan fingerprint density at radius 2 is 1.95 bits per heavy atom. The average Bonchev–Trinajstić information content (AvgIpc) is 2.92. The van der Waals surface area contributed by atoms with E-state index in [9.17, 15) is 0 Å². The molecule has 2 heterocycles. The van der Waals surface area contributed by atoms with Crippen LogP contribution in [0.1, 0.15) is 5.69 Å². The van der Waals surface area contributed by atoms with E-state index in [0.717, 1.165) is 22.5 Å². The van der Waals surface area contributed by atoms with Crippen molar-refractivity contribution in [3.05, 3.63) is 42.4 Å². The number of nitrogens with two attached hydrogens (primary N) is 2. The molecular formula is C16H17N5O. The average molecular weight is 295 g/mol. The van der Waals surface area contributed by atoms with Gasteiger partial charge in [0.1, 0.15) is 11.6 Å². The van der Waals surface area contributed by atoms with E-state index in [2.05, 4.69) is 15.0 Å². The van der Waals surface area contributed by atoms with Crippen molar-refractivity contribution in [2.75, 3.05) is 18.6 Å². The quantitative estimate of drug-likeness (QED) is 0.644. The minimum atomic E-state index is 0.483. The molecule has 0 aliphatic carbocycles. The van der Waals surface area contributed by atoms with Crippen molar-refractivity contribution in [3.8, 4) is 28.4 Å². The third-order valence-corrected chi connectivity index (χ3v) is 3.48. The number of hydrogen-bond donors (Lipinski definition) is 3. The van der Waals surface area contributed by atoms with E-state index in [1.54, 1.807) is 31.6 Å². The highest BCUT2D eigenvalue weighted by atomic mass is 16.5. The number of benzene rings is 1. The monoisotopic (exact) mass is 295 g/mol. The Balaban J connectivity index is 2.13. The van der Waals surface area contributed by atoms with Crippen LogP contribution in [0, 0.1) is 6.92 Å². The number of aryl methyl sites for hydroxylation is 1. The van der Waals surface area contributed by atoms with Gasteiger partial charge in [-0.05, 0) is 25.1 Å². The van der Waals surface area contributed by atoms with Crippen molar-refractivity contribution >= 4 is 11.4 Å². The molecule has 3 rings (SSSR count). The van der Waals surface area contributed by atoms with Crippen molar-refractivity contribution in [1.82, 2.24) is 15.0 Å². The Morgan fingerprint density at radius 3 is 2.64 bits per heavy atom. The molecule has 2 aromatic heterocycles. The van der Waals surface area contributed by atoms with E-state index < -0.39 is 0 Å². The number of rotatable bonds is 3. The van der Waals surface area contributed by atoms with Gasteiger partial charge in [0.05, 0.1) is 29.7 Å². The molecule has 0 atom stereocenters. The van der Waals surface area contributed by atoms with Crippen molar-refractivity contribution in [2.45, 2.75) is 6.92 Å². The lowest BCUT2D eigenvalue weighted by molar-refractivity contribution is 0.416. The number of methoxy groups -OCH3 is 1. The maximum absolute atomic E-state index is 5.91. The molecule has 0 spiro atoms. The predicted octanol–water partition coefficient (Wildman–Crippen LogP) is 2.62. The van der Waals surface area contributed by atoms with E-state index in [1.165, 1.54) is 0 Å². The number of hydrogen-bond acceptors (Lipinski definition) is 5. The number of nitrogens with one attached hydrogen (secondary N) is 1. The molecule has 3 aromatic rings. The van der Waals surface area contributed by atoms with Crippen LogP contribution in [-0.4, -0.2) is 22.1 Å². The third kappa shape index (κ3) is 2.35. The zero-order valence-corrected chi connectivity index (χ0v) is 12.4. The molecule has 0 aliphatic heterocycles. The molecule has 0 radical (unpaired) electrons. The summed E-state index contributed by atoms with van der Waals surface area (Å²) < 4.78 is 5.38. The number of ether oxygens (including phenoxy) is 1. The van der Waals surface area contributed by atoms with Gasteiger partial charge in [0, 0.05) is 29.7 Å². The Kier molecular flexibility index (Phi) is 3.42. The predicted molar refractivity (Wildman–Crippen MR) is 87.4 cm³/mol. The van der Waals surface area contributed by atoms with Gasteiger partial charge in [0.25, 0.3) is 0 Å². The van der Waals surface area contributed by atoms with E-state index in [1.807, 2.05) is 19.1 Å². The molecule has 112 valence electrons. The fraction of sp³-hybridized carbons (Fsp3) is 0.125. The fourth-order valence-electron chi connectivity index (χ4n) is 2.34. The molecule has 0 aliphatic rings. The van der Waals surface area contributed by atoms with Crippen LogP contribution >= 0.6 is 0 Å². The normalized spacial score (nSPS) is 10.6. The van der Waals surface area contributed by atoms with Crippen LogP contribution in [0.15, 0.2) is 36.7 Å². The van der Waals surface area contributed by atoms with Gasteiger partial charge in [-0.2, -0.15) is 0 Å². The van der Waals surface area contributed by atoms with Crippen LogP contribution in [0.4, 0.5) is 11.4 Å². The molecule has 0 bridgehead atoms. The van der Waals surface area contributed by atoms with Gasteiger partial charge in [-0.15, -0.1) is 0 Å². The third-order valence-electron chi connectivity index (χ3n) is 3.48. The first-order chi connectivity index (χ1) is 10.6. The van der Waals surface area contributed by atoms with Crippen molar-refractivity contribution in [1.29, 1.82) is 0 Å². The first-order valence-electron chi connectivity index (χ1n) is 6.80. The van der Waals surface area contributed by atoms with E-state index in [-0.39, 0.29) is 0 Å². The van der Waals surface area contributed by atoms with E-state index in [4.69, 9.17) is 16.2 Å². The van der Waals surface area contributed by atoms with Crippen LogP contribution in [0.3, 0.4) is 0 Å². The lowest BCUT2D eigenvalue weighted by atomic mass is 10.1. The summed E-state index contributed by atoms with van der Waals surface area (Å²) in [4.78, 5) is 12.1. The molecule has 5 N–H and O–H groups in total. The Labute approximate surface area is 128 Å². The van der Waals surface area contributed by atoms with Crippen molar-refractivity contribution < 1.29 is 4.74 Å². The lowest BCUT2D eigenvalue weighted by Crippen LogP contribution is -1.98. The van der Waals surface area contributed by atoms with Gasteiger partial charge in [-0.25, -0.2) is 4.98 Å². The standard InChI is InChI=1S/C16H17N5O/c1-9-15(10-4-3-5-19-8-10)21-16(20-9)11-6-12(17)13(18)7-14(11)22-2/h3-8H,17-18H2,1-2H3,(H,20,21). The number of nitrogens with zero attached hydrogens (tertiary/aromatic N) is 2. The summed E-state index contributed by atoms with van der Waals surface area (Å²) >= 11 is 0. The summed E-state index contributed by atoms with van der Waals surface area (Å²) in [5.41, 5.74) is 16.2. The van der Waals surface area contributed by atoms with Crippen LogP contribution in [0.5, 0.6) is 5.75 Å². The molecule has 0 fully saturated rings. The summed E-state index contributed by atoms with van der Waals surface area (Å²) in [5.74, 6) is 1.30. The zero-order chi connectivity index (χ0) is 15.7. The molecule has 0 saturated heterocycles. The van der Waals surface area contributed by atoms with Crippen LogP contribution in [0.2, 0.25) is 0 Å². The van der Waals surface area contributed by atoms with Crippen LogP contribution in [-0.2, 0) is 0 Å². The van der Waals surface area contributed by atoms with Gasteiger partial charge in [-0.3, -0.25) is 4.98 Å². The minimum Gasteiger partial charge on any atom is -0.496 e. The lowest BCUT2D eigenvalue weighted by Gasteiger charge is -2.09. The Bertz CT molecular complexity index is 811. The summed E-state index contributed by atoms with van der Waals surface area (Å²) in [6.07, 6.45) is 3.51. The fourth-order valence-corrected chi connectivity index (χ4v) is 2.34. The molecule has 0 saturated carbocycles. The minimum absolute atomic E-state index is 0.483. The van der Waals surface area contributed by atoms with Crippen molar-refractivity contribution in [3.63, 3.8) is 0 Å². The number of aromatic amines is 1. The number of anilines is 2. The van der Waals surface area contributed by atoms with Gasteiger partial charge >= 0.3 is 0 Å². The number of pyridine rings is 1. The Morgan fingerprint density at radius 1 is 1.18 bits per heavy atom. The molecule has 0 amide bonds. The molecule has 1 aromatic carbocycles. The zero-order valence-electron chi connectivity index (χ0n) is 12.4. The maximum atomic E-state index is 5.91. The van der Waals surface area contributed by atoms with Gasteiger partial charge in [0.15, 0.2) is 0 Å². The number of nitrogen functional groups attached to an aromatic ring is 2. The molecule has 0 unspecified atom stereocenters. The first-order valence-corrected chi connectivity index (χ1v) is 6.80. The second kappa shape index (κ2) is 5.40. The number of H-pyrrole nitrogens is 1. The number of aromatic nitrogens is 3. The van der Waals surface area contributed by atoms with Crippen molar-refractivity contribution in [2.24, 2.45) is 0 Å². The van der Waals surface area contributed by atoms with Gasteiger partial charge in [0.2, 0.25) is 0 Å². The molecule has 6 heteroatoms. The summed E-state index contributed by atoms with van der Waals surface area (Å²) in [6, 6.07) is 7.31. The number of imidazole rings is 1. The molecule has 6 nitrogen and oxygen atoms in total. The molecular weight excluding hydrogens is 278 g/mol. The largest absolute Gasteiger partial charge is 0.496 e. The summed E-state index contributed by atoms with van der Waals surface area (Å²) in [7, 11) is 1.59. The summed E-state index contributed by atoms with van der Waals surface area (Å²) in [5, 5.41) is 0. The van der Waals surface area contributed by atoms with E-state index >= 15 is 0 Å².